The molecular formula is C42H46N12O5. The number of hydrogen-bond acceptors (Lipinski definition) is 13. The van der Waals surface area contributed by atoms with Crippen LogP contribution in [0.2, 0.25) is 0 Å². The third kappa shape index (κ3) is 6.96. The highest BCUT2D eigenvalue weighted by Crippen LogP contribution is 2.49. The summed E-state index contributed by atoms with van der Waals surface area (Å²) in [4.78, 5) is 70.3. The van der Waals surface area contributed by atoms with Crippen LogP contribution in [0.4, 0.5) is 11.5 Å². The van der Waals surface area contributed by atoms with Crippen LogP contribution in [-0.2, 0) is 20.9 Å². The van der Waals surface area contributed by atoms with Crippen molar-refractivity contribution in [3.63, 3.8) is 0 Å². The summed E-state index contributed by atoms with van der Waals surface area (Å²) < 4.78 is 7.80. The number of aromatic nitrogens is 6. The van der Waals surface area contributed by atoms with Crippen LogP contribution < -0.4 is 21.3 Å². The molecule has 4 N–H and O–H groups in total. The zero-order chi connectivity index (χ0) is 40.2. The Bertz CT molecular complexity index is 2450. The first-order chi connectivity index (χ1) is 28.8. The van der Waals surface area contributed by atoms with Gasteiger partial charge in [0, 0.05) is 75.0 Å². The Morgan fingerprint density at radius 1 is 0.966 bits per heavy atom. The smallest absolute Gasteiger partial charge is 0.255 e. The molecule has 1 aromatic carbocycles. The minimum atomic E-state index is -0.613. The maximum Gasteiger partial charge on any atom is 0.255 e. The highest BCUT2D eigenvalue weighted by molar-refractivity contribution is 6.06. The SMILES string of the molecule is Nc1ncnc2c1c(-c1noc(C3CC3)c1-c1ccccn1)nn2C1CC(C(=O)NCCCCN2CCN(c3ccc4c(c3)C(=O)N([C@@H]3CCC(=O)NC3=O)C4)CC2)C1. The number of nitrogens with zero attached hydrogens (tertiary/aromatic N) is 9. The van der Waals surface area contributed by atoms with E-state index in [0.29, 0.717) is 72.1 Å². The molecule has 304 valence electrons. The molecule has 3 aliphatic heterocycles. The Hall–Kier alpha value is -6.23. The topological polar surface area (TPSA) is 211 Å². The van der Waals surface area contributed by atoms with E-state index in [-0.39, 0.29) is 36.1 Å². The van der Waals surface area contributed by atoms with Crippen molar-refractivity contribution in [3.05, 3.63) is 65.8 Å². The molecule has 59 heavy (non-hydrogen) atoms. The van der Waals surface area contributed by atoms with Crippen molar-refractivity contribution >= 4 is 46.2 Å². The molecule has 2 saturated heterocycles. The van der Waals surface area contributed by atoms with E-state index in [1.807, 2.05) is 35.0 Å². The number of hydrogen-bond donors (Lipinski definition) is 3. The van der Waals surface area contributed by atoms with Crippen LogP contribution in [-0.4, -0.2) is 109 Å². The van der Waals surface area contributed by atoms with Crippen LogP contribution in [0.15, 0.2) is 53.4 Å². The summed E-state index contributed by atoms with van der Waals surface area (Å²) in [6, 6.07) is 11.1. The Kier molecular flexibility index (Phi) is 9.53. The summed E-state index contributed by atoms with van der Waals surface area (Å²) in [7, 11) is 0. The average molecular weight is 799 g/mol. The highest BCUT2D eigenvalue weighted by Gasteiger charge is 2.41. The molecule has 0 spiro atoms. The molecular weight excluding hydrogens is 753 g/mol. The standard InChI is InChI=1S/C42H46N12O5/c43-38-34-35(36-33(30-5-1-2-12-44-30)37(59-50-36)24-6-7-24)49-54(39(34)47-23-46-38)28-19-26(20-28)40(56)45-13-3-4-14-51-15-17-52(18-16-51)27-9-8-25-22-53(42(58)29(25)21-27)31-10-11-32(55)48-41(31)57/h1-2,5,8-9,12,21,23-24,26,28,31H,3-4,6-7,10-11,13-20,22H2,(H,45,56)(H2,43,46,47)(H,48,55,57)/t26?,28?,31-/m1/s1. The fraction of sp³-hybridized carbons (Fsp3) is 0.452. The molecule has 4 aromatic heterocycles. The molecule has 0 bridgehead atoms. The van der Waals surface area contributed by atoms with E-state index in [9.17, 15) is 19.2 Å². The van der Waals surface area contributed by atoms with Crippen LogP contribution in [0, 0.1) is 5.92 Å². The van der Waals surface area contributed by atoms with Gasteiger partial charge in [-0.15, -0.1) is 0 Å². The first-order valence-corrected chi connectivity index (χ1v) is 20.7. The number of fused-ring (bicyclic) bond motifs is 2. The van der Waals surface area contributed by atoms with Crippen molar-refractivity contribution in [1.29, 1.82) is 0 Å². The fourth-order valence-electron chi connectivity index (χ4n) is 9.05. The quantitative estimate of drug-likeness (QED) is 0.122. The molecule has 0 unspecified atom stereocenters. The maximum atomic E-state index is 13.3. The van der Waals surface area contributed by atoms with E-state index >= 15 is 0 Å². The lowest BCUT2D eigenvalue weighted by Crippen LogP contribution is -2.52. The number of nitrogen functional groups attached to an aromatic ring is 1. The second-order valence-corrected chi connectivity index (χ2v) is 16.4. The number of rotatable bonds is 12. The number of unbranched alkanes of at least 4 members (excludes halogenated alkanes) is 1. The molecule has 7 heterocycles. The summed E-state index contributed by atoms with van der Waals surface area (Å²) >= 11 is 0. The number of benzene rings is 1. The second-order valence-electron chi connectivity index (χ2n) is 16.4. The van der Waals surface area contributed by atoms with Crippen molar-refractivity contribution in [2.75, 3.05) is 49.9 Å². The van der Waals surface area contributed by atoms with E-state index in [4.69, 9.17) is 15.4 Å². The summed E-state index contributed by atoms with van der Waals surface area (Å²) in [6.07, 6.45) is 9.03. The van der Waals surface area contributed by atoms with E-state index in [0.717, 1.165) is 86.7 Å². The number of piperazine rings is 1. The molecule has 0 radical (unpaired) electrons. The normalized spacial score (nSPS) is 22.1. The summed E-state index contributed by atoms with van der Waals surface area (Å²) in [5.41, 5.74) is 12.3. The largest absolute Gasteiger partial charge is 0.383 e. The lowest BCUT2D eigenvalue weighted by Gasteiger charge is -2.36. The van der Waals surface area contributed by atoms with E-state index in [1.54, 1.807) is 11.1 Å². The van der Waals surface area contributed by atoms with Gasteiger partial charge in [0.05, 0.1) is 22.7 Å². The Balaban J connectivity index is 0.692. The number of nitrogens with two attached hydrogens (primary N) is 1. The third-order valence-corrected chi connectivity index (χ3v) is 12.6. The van der Waals surface area contributed by atoms with Crippen molar-refractivity contribution in [2.24, 2.45) is 5.92 Å². The number of carbonyl (C=O) groups excluding carboxylic acids is 4. The second kappa shape index (κ2) is 15.2. The number of imide groups is 1. The maximum absolute atomic E-state index is 13.3. The average Bonchev–Trinajstić information content (AvgIpc) is 3.74. The summed E-state index contributed by atoms with van der Waals surface area (Å²) in [5, 5.41) is 15.7. The number of carbonyl (C=O) groups is 4. The molecule has 10 rings (SSSR count). The monoisotopic (exact) mass is 798 g/mol. The first-order valence-electron chi connectivity index (χ1n) is 20.7. The zero-order valence-corrected chi connectivity index (χ0v) is 32.7. The third-order valence-electron chi connectivity index (χ3n) is 12.6. The lowest BCUT2D eigenvalue weighted by molar-refractivity contribution is -0.137. The molecule has 5 aromatic rings. The van der Waals surface area contributed by atoms with E-state index < -0.39 is 11.9 Å². The first kappa shape index (κ1) is 37.1. The Morgan fingerprint density at radius 2 is 1.81 bits per heavy atom. The molecule has 2 aliphatic carbocycles. The number of pyridine rings is 1. The minimum absolute atomic E-state index is 0.0205. The van der Waals surface area contributed by atoms with Crippen molar-refractivity contribution < 1.29 is 23.7 Å². The van der Waals surface area contributed by atoms with Gasteiger partial charge in [-0.05, 0) is 81.3 Å². The van der Waals surface area contributed by atoms with Gasteiger partial charge in [0.1, 0.15) is 35.3 Å². The van der Waals surface area contributed by atoms with Crippen LogP contribution >= 0.6 is 0 Å². The summed E-state index contributed by atoms with van der Waals surface area (Å²) in [6.45, 7) is 5.48. The van der Waals surface area contributed by atoms with E-state index in [1.165, 1.54) is 6.33 Å². The fourth-order valence-corrected chi connectivity index (χ4v) is 9.05. The van der Waals surface area contributed by atoms with Crippen LogP contribution in [0.1, 0.15) is 85.0 Å². The molecule has 4 fully saturated rings. The molecule has 5 aliphatic rings. The predicted octanol–water partition coefficient (Wildman–Crippen LogP) is 3.43. The Labute approximate surface area is 339 Å². The molecule has 4 amide bonds. The van der Waals surface area contributed by atoms with Gasteiger partial charge in [0.15, 0.2) is 5.65 Å². The number of anilines is 2. The Morgan fingerprint density at radius 3 is 2.59 bits per heavy atom. The van der Waals surface area contributed by atoms with Gasteiger partial charge in [-0.1, -0.05) is 17.3 Å². The number of nitrogens with one attached hydrogen (secondary N) is 2. The van der Waals surface area contributed by atoms with Gasteiger partial charge < -0.3 is 25.4 Å². The van der Waals surface area contributed by atoms with Crippen molar-refractivity contribution in [3.8, 4) is 22.6 Å². The zero-order valence-electron chi connectivity index (χ0n) is 32.7. The number of piperidine rings is 1. The van der Waals surface area contributed by atoms with E-state index in [2.05, 4.69) is 46.6 Å². The van der Waals surface area contributed by atoms with Gasteiger partial charge >= 0.3 is 0 Å². The molecule has 17 nitrogen and oxygen atoms in total. The predicted molar refractivity (Wildman–Crippen MR) is 216 cm³/mol. The van der Waals surface area contributed by atoms with Crippen molar-refractivity contribution in [1.82, 2.24) is 50.3 Å². The van der Waals surface area contributed by atoms with Gasteiger partial charge in [-0.2, -0.15) is 5.10 Å². The van der Waals surface area contributed by atoms with Gasteiger partial charge in [0.25, 0.3) is 5.91 Å². The van der Waals surface area contributed by atoms with Gasteiger partial charge in [-0.25, -0.2) is 14.6 Å². The molecule has 17 heteroatoms. The van der Waals surface area contributed by atoms with Crippen LogP contribution in [0.3, 0.4) is 0 Å². The highest BCUT2D eigenvalue weighted by atomic mass is 16.5. The van der Waals surface area contributed by atoms with Gasteiger partial charge in [0.2, 0.25) is 17.7 Å². The van der Waals surface area contributed by atoms with Crippen LogP contribution in [0.5, 0.6) is 0 Å². The molecule has 1 atom stereocenters. The van der Waals surface area contributed by atoms with Crippen LogP contribution in [0.25, 0.3) is 33.7 Å². The van der Waals surface area contributed by atoms with Gasteiger partial charge in [-0.3, -0.25) is 34.4 Å². The molecule has 2 saturated carbocycles. The minimum Gasteiger partial charge on any atom is -0.383 e. The van der Waals surface area contributed by atoms with Crippen molar-refractivity contribution in [2.45, 2.75) is 75.9 Å². The lowest BCUT2D eigenvalue weighted by atomic mass is 9.79. The number of amides is 4. The summed E-state index contributed by atoms with van der Waals surface area (Å²) in [5.74, 6) is 0.555.